The third kappa shape index (κ3) is 2.94. The quantitative estimate of drug-likeness (QED) is 0.333. The van der Waals surface area contributed by atoms with Gasteiger partial charge in [0.1, 0.15) is 5.60 Å². The summed E-state index contributed by atoms with van der Waals surface area (Å²) in [7, 11) is 0. The van der Waals surface area contributed by atoms with E-state index in [1.54, 1.807) is 0 Å². The van der Waals surface area contributed by atoms with E-state index >= 15 is 0 Å². The molecule has 12 heavy (non-hydrogen) atoms. The van der Waals surface area contributed by atoms with Crippen LogP contribution in [0, 0.1) is 0 Å². The Hall–Kier alpha value is -0.370. The zero-order valence-electron chi connectivity index (χ0n) is 7.84. The second-order valence-electron chi connectivity index (χ2n) is 3.64. The second kappa shape index (κ2) is 4.61. The molecule has 0 aromatic carbocycles. The summed E-state index contributed by atoms with van der Waals surface area (Å²) in [6.07, 6.45) is 8.16. The van der Waals surface area contributed by atoms with Gasteiger partial charge in [0.05, 0.1) is 6.61 Å². The first-order chi connectivity index (χ1) is 5.83. The molecule has 0 aromatic heterocycles. The largest absolute Gasteiger partial charge is 0.362 e. The second-order valence-corrected chi connectivity index (χ2v) is 3.64. The summed E-state index contributed by atoms with van der Waals surface area (Å²) in [5.41, 5.74) is -0.341. The Morgan fingerprint density at radius 3 is 2.50 bits per heavy atom. The number of hydrogen-bond acceptors (Lipinski definition) is 2. The summed E-state index contributed by atoms with van der Waals surface area (Å²) in [6, 6.07) is 0. The number of hydrogen-bond donors (Lipinski definition) is 0. The number of carbonyl (C=O) groups is 1. The summed E-state index contributed by atoms with van der Waals surface area (Å²) >= 11 is 0. The van der Waals surface area contributed by atoms with Crippen molar-refractivity contribution in [3.05, 3.63) is 0 Å². The van der Waals surface area contributed by atoms with Crippen LogP contribution in [0.15, 0.2) is 0 Å². The molecule has 1 rings (SSSR count). The monoisotopic (exact) mass is 170 g/mol. The normalized spacial score (nSPS) is 27.1. The number of epoxide rings is 1. The molecule has 0 radical (unpaired) electrons. The van der Waals surface area contributed by atoms with Gasteiger partial charge in [-0.3, -0.25) is 0 Å². The van der Waals surface area contributed by atoms with Gasteiger partial charge in [0, 0.05) is 0 Å². The van der Waals surface area contributed by atoms with E-state index in [1.165, 1.54) is 25.7 Å². The highest BCUT2D eigenvalue weighted by Crippen LogP contribution is 2.30. The molecule has 0 aliphatic carbocycles. The van der Waals surface area contributed by atoms with Crippen molar-refractivity contribution in [3.63, 3.8) is 0 Å². The average molecular weight is 170 g/mol. The lowest BCUT2D eigenvalue weighted by molar-refractivity contribution is -0.112. The maximum Gasteiger partial charge on any atom is 0.154 e. The van der Waals surface area contributed by atoms with Crippen LogP contribution in [-0.2, 0) is 9.53 Å². The fourth-order valence-electron chi connectivity index (χ4n) is 1.39. The Labute approximate surface area is 74.3 Å². The van der Waals surface area contributed by atoms with Crippen molar-refractivity contribution in [2.45, 2.75) is 51.0 Å². The molecule has 2 heteroatoms. The van der Waals surface area contributed by atoms with Crippen LogP contribution in [0.2, 0.25) is 0 Å². The SMILES string of the molecule is CCCCCCC[C@@]1(C=O)CO1. The van der Waals surface area contributed by atoms with E-state index in [-0.39, 0.29) is 5.60 Å². The van der Waals surface area contributed by atoms with E-state index in [9.17, 15) is 4.79 Å². The van der Waals surface area contributed by atoms with Crippen molar-refractivity contribution >= 4 is 6.29 Å². The summed E-state index contributed by atoms with van der Waals surface area (Å²) in [5.74, 6) is 0. The van der Waals surface area contributed by atoms with Crippen molar-refractivity contribution in [2.24, 2.45) is 0 Å². The number of rotatable bonds is 7. The number of aldehydes is 1. The summed E-state index contributed by atoms with van der Waals surface area (Å²) in [4.78, 5) is 10.5. The van der Waals surface area contributed by atoms with Crippen LogP contribution in [0.3, 0.4) is 0 Å². The van der Waals surface area contributed by atoms with Crippen molar-refractivity contribution in [1.29, 1.82) is 0 Å². The third-order valence-corrected chi connectivity index (χ3v) is 2.43. The Balaban J connectivity index is 1.92. The molecule has 0 spiro atoms. The third-order valence-electron chi connectivity index (χ3n) is 2.43. The molecule has 1 heterocycles. The summed E-state index contributed by atoms with van der Waals surface area (Å²) in [5, 5.41) is 0. The molecule has 70 valence electrons. The van der Waals surface area contributed by atoms with Gasteiger partial charge in [-0.15, -0.1) is 0 Å². The standard InChI is InChI=1S/C10H18O2/c1-2-3-4-5-6-7-10(8-11)9-12-10/h8H,2-7,9H2,1H3/t10-/m1/s1. The number of ether oxygens (including phenoxy) is 1. The average Bonchev–Trinajstić information content (AvgIpc) is 2.85. The lowest BCUT2D eigenvalue weighted by Gasteiger charge is -2.02. The van der Waals surface area contributed by atoms with E-state index in [2.05, 4.69) is 6.92 Å². The van der Waals surface area contributed by atoms with E-state index in [1.807, 2.05) is 0 Å². The molecule has 0 aromatic rings. The van der Waals surface area contributed by atoms with E-state index in [0.717, 1.165) is 19.1 Å². The molecule has 1 fully saturated rings. The van der Waals surface area contributed by atoms with Gasteiger partial charge in [-0.2, -0.15) is 0 Å². The van der Waals surface area contributed by atoms with E-state index in [4.69, 9.17) is 4.74 Å². The highest BCUT2D eigenvalue weighted by Gasteiger charge is 2.43. The molecule has 1 aliphatic heterocycles. The van der Waals surface area contributed by atoms with Gasteiger partial charge in [-0.1, -0.05) is 39.0 Å². The summed E-state index contributed by atoms with van der Waals surface area (Å²) in [6.45, 7) is 2.86. The van der Waals surface area contributed by atoms with Crippen LogP contribution >= 0.6 is 0 Å². The van der Waals surface area contributed by atoms with Gasteiger partial charge < -0.3 is 9.53 Å². The molecule has 2 nitrogen and oxygen atoms in total. The Morgan fingerprint density at radius 2 is 2.00 bits per heavy atom. The highest BCUT2D eigenvalue weighted by molar-refractivity contribution is 5.66. The molecule has 0 unspecified atom stereocenters. The maximum absolute atomic E-state index is 10.5. The first-order valence-electron chi connectivity index (χ1n) is 4.93. The predicted octanol–water partition coefficient (Wildman–Crippen LogP) is 2.31. The van der Waals surface area contributed by atoms with Gasteiger partial charge in [-0.05, 0) is 6.42 Å². The molecule has 0 amide bonds. The summed E-state index contributed by atoms with van der Waals surface area (Å²) < 4.78 is 5.08. The first-order valence-corrected chi connectivity index (χ1v) is 4.93. The van der Waals surface area contributed by atoms with Crippen LogP contribution in [0.4, 0.5) is 0 Å². The maximum atomic E-state index is 10.5. The number of unbranched alkanes of at least 4 members (excludes halogenated alkanes) is 4. The minimum absolute atomic E-state index is 0.341. The fourth-order valence-corrected chi connectivity index (χ4v) is 1.39. The Bertz CT molecular complexity index is 139. The number of carbonyl (C=O) groups excluding carboxylic acids is 1. The molecule has 0 N–H and O–H groups in total. The minimum atomic E-state index is -0.341. The molecular formula is C10H18O2. The van der Waals surface area contributed by atoms with Crippen molar-refractivity contribution in [1.82, 2.24) is 0 Å². The lowest BCUT2D eigenvalue weighted by atomic mass is 10.0. The van der Waals surface area contributed by atoms with Crippen LogP contribution < -0.4 is 0 Å². The first kappa shape index (κ1) is 9.72. The topological polar surface area (TPSA) is 29.6 Å². The minimum Gasteiger partial charge on any atom is -0.362 e. The highest BCUT2D eigenvalue weighted by atomic mass is 16.6. The lowest BCUT2D eigenvalue weighted by Crippen LogP contribution is -2.11. The van der Waals surface area contributed by atoms with Crippen LogP contribution in [0.1, 0.15) is 45.4 Å². The molecule has 1 aliphatic rings. The molecule has 1 atom stereocenters. The zero-order valence-corrected chi connectivity index (χ0v) is 7.84. The predicted molar refractivity (Wildman–Crippen MR) is 48.1 cm³/mol. The van der Waals surface area contributed by atoms with E-state index in [0.29, 0.717) is 6.61 Å². The smallest absolute Gasteiger partial charge is 0.154 e. The fraction of sp³-hybridized carbons (Fsp3) is 0.900. The van der Waals surface area contributed by atoms with Gasteiger partial charge in [0.2, 0.25) is 0 Å². The van der Waals surface area contributed by atoms with Crippen molar-refractivity contribution < 1.29 is 9.53 Å². The van der Waals surface area contributed by atoms with Crippen molar-refractivity contribution in [3.8, 4) is 0 Å². The Morgan fingerprint density at radius 1 is 1.33 bits per heavy atom. The van der Waals surface area contributed by atoms with Gasteiger partial charge in [0.25, 0.3) is 0 Å². The van der Waals surface area contributed by atoms with Crippen molar-refractivity contribution in [2.75, 3.05) is 6.61 Å². The van der Waals surface area contributed by atoms with Gasteiger partial charge in [-0.25, -0.2) is 0 Å². The van der Waals surface area contributed by atoms with Crippen LogP contribution in [0.5, 0.6) is 0 Å². The molecular weight excluding hydrogens is 152 g/mol. The van der Waals surface area contributed by atoms with Crippen LogP contribution in [-0.4, -0.2) is 18.5 Å². The van der Waals surface area contributed by atoms with Gasteiger partial charge >= 0.3 is 0 Å². The van der Waals surface area contributed by atoms with Gasteiger partial charge in [0.15, 0.2) is 6.29 Å². The molecule has 0 saturated carbocycles. The Kier molecular flexibility index (Phi) is 3.73. The van der Waals surface area contributed by atoms with Crippen LogP contribution in [0.25, 0.3) is 0 Å². The molecule has 0 bridgehead atoms. The van der Waals surface area contributed by atoms with E-state index < -0.39 is 0 Å². The molecule has 1 saturated heterocycles. The zero-order chi connectivity index (χ0) is 8.86.